The second-order valence-corrected chi connectivity index (χ2v) is 7.30. The highest BCUT2D eigenvalue weighted by molar-refractivity contribution is 5.99. The minimum Gasteiger partial charge on any atom is -0.496 e. The number of benzene rings is 3. The molecule has 0 spiro atoms. The first kappa shape index (κ1) is 24.3. The predicted molar refractivity (Wildman–Crippen MR) is 127 cm³/mol. The summed E-state index contributed by atoms with van der Waals surface area (Å²) >= 11 is 0. The highest BCUT2D eigenvalue weighted by atomic mass is 16.5. The minimum absolute atomic E-state index is 0.291. The lowest BCUT2D eigenvalue weighted by Crippen LogP contribution is -2.35. The average Bonchev–Trinajstić information content (AvgIpc) is 2.87. The highest BCUT2D eigenvalue weighted by Crippen LogP contribution is 2.18. The molecule has 0 aromatic heterocycles. The van der Waals surface area contributed by atoms with E-state index in [0.717, 1.165) is 5.56 Å². The van der Waals surface area contributed by atoms with Gasteiger partial charge in [0.25, 0.3) is 11.8 Å². The van der Waals surface area contributed by atoms with E-state index in [-0.39, 0.29) is 6.54 Å². The molecule has 0 bridgehead atoms. The van der Waals surface area contributed by atoms with Gasteiger partial charge in [0.05, 0.1) is 12.7 Å². The fourth-order valence-corrected chi connectivity index (χ4v) is 2.99. The van der Waals surface area contributed by atoms with Gasteiger partial charge < -0.3 is 24.8 Å². The number of carbonyl (C=O) groups excluding carboxylic acids is 3. The Morgan fingerprint density at radius 1 is 0.882 bits per heavy atom. The van der Waals surface area contributed by atoms with Crippen LogP contribution < -0.4 is 20.1 Å². The molecule has 0 fully saturated rings. The fraction of sp³-hybridized carbons (Fsp3) is 0.192. The van der Waals surface area contributed by atoms with Crippen LogP contribution in [-0.2, 0) is 20.9 Å². The Bertz CT molecular complexity index is 1120. The van der Waals surface area contributed by atoms with Crippen molar-refractivity contribution >= 4 is 23.5 Å². The molecule has 3 rings (SSSR count). The van der Waals surface area contributed by atoms with E-state index in [2.05, 4.69) is 10.6 Å². The topological polar surface area (TPSA) is 103 Å². The monoisotopic (exact) mass is 462 g/mol. The molecule has 3 aromatic carbocycles. The normalized spacial score (nSPS) is 11.1. The maximum Gasteiger partial charge on any atom is 0.326 e. The number of anilines is 1. The summed E-state index contributed by atoms with van der Waals surface area (Å²) in [7, 11) is 1.45. The van der Waals surface area contributed by atoms with E-state index in [1.165, 1.54) is 14.0 Å². The number of methoxy groups -OCH3 is 1. The maximum atomic E-state index is 12.4. The van der Waals surface area contributed by atoms with Crippen molar-refractivity contribution in [2.24, 2.45) is 0 Å². The maximum absolute atomic E-state index is 12.4. The summed E-state index contributed by atoms with van der Waals surface area (Å²) in [5.74, 6) is -0.677. The molecule has 0 aliphatic carbocycles. The Balaban J connectivity index is 1.43. The van der Waals surface area contributed by atoms with E-state index in [1.807, 2.05) is 30.3 Å². The predicted octanol–water partition coefficient (Wildman–Crippen LogP) is 3.57. The Kier molecular flexibility index (Phi) is 8.62. The molecule has 0 heterocycles. The number of esters is 1. The average molecular weight is 463 g/mol. The third-order valence-corrected chi connectivity index (χ3v) is 4.79. The lowest BCUT2D eigenvalue weighted by Gasteiger charge is -2.14. The van der Waals surface area contributed by atoms with E-state index in [4.69, 9.17) is 14.2 Å². The summed E-state index contributed by atoms with van der Waals surface area (Å²) in [5, 5.41) is 5.14. The van der Waals surface area contributed by atoms with Crippen LogP contribution in [0.5, 0.6) is 11.5 Å². The first-order valence-corrected chi connectivity index (χ1v) is 10.6. The van der Waals surface area contributed by atoms with Crippen molar-refractivity contribution in [2.75, 3.05) is 19.0 Å². The van der Waals surface area contributed by atoms with Crippen LogP contribution in [0, 0.1) is 0 Å². The van der Waals surface area contributed by atoms with E-state index >= 15 is 0 Å². The quantitative estimate of drug-likeness (QED) is 0.447. The van der Waals surface area contributed by atoms with E-state index in [1.54, 1.807) is 48.5 Å². The molecule has 0 saturated carbocycles. The SMILES string of the molecule is COc1ccccc1C(=O)NCC(=O)OC(C)C(=O)Nc1ccc(OCc2ccccc2)cc1. The van der Waals surface area contributed by atoms with Gasteiger partial charge in [0, 0.05) is 5.69 Å². The van der Waals surface area contributed by atoms with Crippen LogP contribution in [0.1, 0.15) is 22.8 Å². The Morgan fingerprint density at radius 2 is 1.56 bits per heavy atom. The van der Waals surface area contributed by atoms with Crippen LogP contribution in [0.4, 0.5) is 5.69 Å². The summed E-state index contributed by atoms with van der Waals surface area (Å²) in [5.41, 5.74) is 1.87. The zero-order chi connectivity index (χ0) is 24.3. The van der Waals surface area contributed by atoms with Gasteiger partial charge in [0.2, 0.25) is 0 Å². The Morgan fingerprint density at radius 3 is 2.26 bits per heavy atom. The zero-order valence-corrected chi connectivity index (χ0v) is 18.9. The van der Waals surface area contributed by atoms with Gasteiger partial charge in [-0.2, -0.15) is 0 Å². The van der Waals surface area contributed by atoms with Gasteiger partial charge in [0.15, 0.2) is 6.10 Å². The van der Waals surface area contributed by atoms with Crippen LogP contribution in [0.3, 0.4) is 0 Å². The molecule has 8 nitrogen and oxygen atoms in total. The number of rotatable bonds is 10. The molecule has 3 aromatic rings. The summed E-state index contributed by atoms with van der Waals surface area (Å²) < 4.78 is 16.0. The lowest BCUT2D eigenvalue weighted by atomic mass is 10.2. The van der Waals surface area contributed by atoms with Gasteiger partial charge in [0.1, 0.15) is 24.7 Å². The van der Waals surface area contributed by atoms with Crippen LogP contribution >= 0.6 is 0 Å². The van der Waals surface area contributed by atoms with E-state index < -0.39 is 23.9 Å². The molecule has 0 aliphatic heterocycles. The van der Waals surface area contributed by atoms with Gasteiger partial charge >= 0.3 is 5.97 Å². The standard InChI is InChI=1S/C26H26N2O6/c1-18(34-24(29)16-27-26(31)22-10-6-7-11-23(22)32-2)25(30)28-20-12-14-21(15-13-20)33-17-19-8-4-3-5-9-19/h3-15,18H,16-17H2,1-2H3,(H,27,31)(H,28,30). The van der Waals surface area contributed by atoms with Crippen molar-refractivity contribution in [2.45, 2.75) is 19.6 Å². The molecule has 34 heavy (non-hydrogen) atoms. The number of hydrogen-bond acceptors (Lipinski definition) is 6. The highest BCUT2D eigenvalue weighted by Gasteiger charge is 2.19. The van der Waals surface area contributed by atoms with Crippen molar-refractivity contribution in [3.05, 3.63) is 90.0 Å². The molecular weight excluding hydrogens is 436 g/mol. The summed E-state index contributed by atoms with van der Waals surface area (Å²) in [6.07, 6.45) is -1.05. The lowest BCUT2D eigenvalue weighted by molar-refractivity contribution is -0.152. The fourth-order valence-electron chi connectivity index (χ4n) is 2.99. The first-order valence-electron chi connectivity index (χ1n) is 10.6. The van der Waals surface area contributed by atoms with Crippen molar-refractivity contribution in [1.29, 1.82) is 0 Å². The van der Waals surface area contributed by atoms with Crippen molar-refractivity contribution in [3.8, 4) is 11.5 Å². The Labute approximate surface area is 197 Å². The van der Waals surface area contributed by atoms with Crippen LogP contribution in [-0.4, -0.2) is 37.5 Å². The third kappa shape index (κ3) is 7.09. The van der Waals surface area contributed by atoms with Gasteiger partial charge in [-0.05, 0) is 48.9 Å². The van der Waals surface area contributed by atoms with Crippen LogP contribution in [0.15, 0.2) is 78.9 Å². The molecule has 1 atom stereocenters. The smallest absolute Gasteiger partial charge is 0.326 e. The van der Waals surface area contributed by atoms with Crippen LogP contribution in [0.25, 0.3) is 0 Å². The molecule has 0 aliphatic rings. The third-order valence-electron chi connectivity index (χ3n) is 4.79. The molecule has 2 amide bonds. The van der Waals surface area contributed by atoms with Gasteiger partial charge in [-0.3, -0.25) is 14.4 Å². The molecule has 176 valence electrons. The number of nitrogens with one attached hydrogen (secondary N) is 2. The molecule has 8 heteroatoms. The van der Waals surface area contributed by atoms with Gasteiger partial charge in [-0.15, -0.1) is 0 Å². The Hall–Kier alpha value is -4.33. The van der Waals surface area contributed by atoms with E-state index in [9.17, 15) is 14.4 Å². The molecule has 1 unspecified atom stereocenters. The first-order chi connectivity index (χ1) is 16.5. The largest absolute Gasteiger partial charge is 0.496 e. The molecule has 0 saturated heterocycles. The molecular formula is C26H26N2O6. The van der Waals surface area contributed by atoms with Crippen LogP contribution in [0.2, 0.25) is 0 Å². The van der Waals surface area contributed by atoms with Crippen molar-refractivity contribution < 1.29 is 28.6 Å². The summed E-state index contributed by atoms with van der Waals surface area (Å²) in [6.45, 7) is 1.50. The molecule has 0 radical (unpaired) electrons. The number of carbonyl (C=O) groups is 3. The second-order valence-electron chi connectivity index (χ2n) is 7.30. The second kappa shape index (κ2) is 12.1. The zero-order valence-electron chi connectivity index (χ0n) is 18.9. The number of para-hydroxylation sites is 1. The summed E-state index contributed by atoms with van der Waals surface area (Å²) in [6, 6.07) is 23.3. The van der Waals surface area contributed by atoms with E-state index in [0.29, 0.717) is 29.4 Å². The van der Waals surface area contributed by atoms with Gasteiger partial charge in [-0.1, -0.05) is 42.5 Å². The van der Waals surface area contributed by atoms with Gasteiger partial charge in [-0.25, -0.2) is 0 Å². The minimum atomic E-state index is -1.05. The summed E-state index contributed by atoms with van der Waals surface area (Å²) in [4.78, 5) is 36.7. The number of hydrogen-bond donors (Lipinski definition) is 2. The molecule has 2 N–H and O–H groups in total. The number of ether oxygens (including phenoxy) is 3. The van der Waals surface area contributed by atoms with Crippen molar-refractivity contribution in [3.63, 3.8) is 0 Å². The number of amides is 2. The van der Waals surface area contributed by atoms with Crippen molar-refractivity contribution in [1.82, 2.24) is 5.32 Å².